The number of halogens is 6. The quantitative estimate of drug-likeness (QED) is 0.553. The molecular formula is C6H4Cl2F4. The van der Waals surface area contributed by atoms with Crippen molar-refractivity contribution in [3.63, 3.8) is 0 Å². The molecule has 6 heteroatoms. The van der Waals surface area contributed by atoms with Crippen LogP contribution in [0.1, 0.15) is 0 Å². The summed E-state index contributed by atoms with van der Waals surface area (Å²) in [6, 6.07) is 0. The summed E-state index contributed by atoms with van der Waals surface area (Å²) in [5, 5.41) is -1.57. The highest BCUT2D eigenvalue weighted by Crippen LogP contribution is 2.37. The Morgan fingerprint density at radius 2 is 1.00 bits per heavy atom. The van der Waals surface area contributed by atoms with E-state index in [0.717, 1.165) is 0 Å². The van der Waals surface area contributed by atoms with Crippen LogP contribution in [-0.4, -0.2) is 24.7 Å². The van der Waals surface area contributed by atoms with E-state index in [1.54, 1.807) is 0 Å². The number of rotatable bonds is 0. The molecule has 4 atom stereocenters. The van der Waals surface area contributed by atoms with Gasteiger partial charge in [0.05, 0.1) is 10.1 Å². The lowest BCUT2D eigenvalue weighted by Gasteiger charge is -2.26. The standard InChI is InChI=1S/C6H4Cl2F4/c7-1-2(8)4(10)6(12)5(11)3(1)9/h3-6H. The average Bonchev–Trinajstić information content (AvgIpc) is 2.08. The zero-order valence-corrected chi connectivity index (χ0v) is 7.09. The Hall–Kier alpha value is 0.0400. The molecule has 0 saturated heterocycles. The van der Waals surface area contributed by atoms with E-state index < -0.39 is 34.8 Å². The molecule has 70 valence electrons. The molecule has 1 aliphatic carbocycles. The molecule has 12 heavy (non-hydrogen) atoms. The molecule has 1 rings (SSSR count). The molecular weight excluding hydrogens is 219 g/mol. The lowest BCUT2D eigenvalue weighted by Crippen LogP contribution is -2.40. The van der Waals surface area contributed by atoms with Gasteiger partial charge in [-0.3, -0.25) is 0 Å². The van der Waals surface area contributed by atoms with E-state index >= 15 is 0 Å². The van der Waals surface area contributed by atoms with Crippen molar-refractivity contribution < 1.29 is 17.6 Å². The number of hydrogen-bond acceptors (Lipinski definition) is 0. The summed E-state index contributed by atoms with van der Waals surface area (Å²) < 4.78 is 50.1. The molecule has 4 unspecified atom stereocenters. The molecule has 0 heterocycles. The molecule has 0 aromatic heterocycles. The first-order valence-corrected chi connectivity index (χ1v) is 3.83. The summed E-state index contributed by atoms with van der Waals surface area (Å²) in [4.78, 5) is 0. The normalized spacial score (nSPS) is 43.5. The summed E-state index contributed by atoms with van der Waals surface area (Å²) in [7, 11) is 0. The molecule has 0 saturated carbocycles. The lowest BCUT2D eigenvalue weighted by molar-refractivity contribution is 0.0491. The van der Waals surface area contributed by atoms with Crippen molar-refractivity contribution in [2.75, 3.05) is 0 Å². The Labute approximate surface area is 76.1 Å². The van der Waals surface area contributed by atoms with Gasteiger partial charge in [-0.1, -0.05) is 23.2 Å². The van der Waals surface area contributed by atoms with Crippen molar-refractivity contribution in [1.29, 1.82) is 0 Å². The van der Waals surface area contributed by atoms with Gasteiger partial charge in [0.25, 0.3) is 0 Å². The molecule has 0 N–H and O–H groups in total. The van der Waals surface area contributed by atoms with Gasteiger partial charge in [0.1, 0.15) is 0 Å². The van der Waals surface area contributed by atoms with Gasteiger partial charge in [0, 0.05) is 0 Å². The third-order valence-electron chi connectivity index (χ3n) is 1.58. The monoisotopic (exact) mass is 222 g/mol. The largest absolute Gasteiger partial charge is 0.240 e. The second-order valence-electron chi connectivity index (χ2n) is 2.39. The topological polar surface area (TPSA) is 0 Å². The second kappa shape index (κ2) is 3.42. The third kappa shape index (κ3) is 1.42. The minimum Gasteiger partial charge on any atom is -0.240 e. The smallest absolute Gasteiger partial charge is 0.171 e. The van der Waals surface area contributed by atoms with Crippen molar-refractivity contribution in [3.8, 4) is 0 Å². The Morgan fingerprint density at radius 3 is 1.25 bits per heavy atom. The van der Waals surface area contributed by atoms with Crippen LogP contribution in [-0.2, 0) is 0 Å². The van der Waals surface area contributed by atoms with E-state index in [1.807, 2.05) is 0 Å². The van der Waals surface area contributed by atoms with Crippen LogP contribution in [0.5, 0.6) is 0 Å². The summed E-state index contributed by atoms with van der Waals surface area (Å²) in [6.07, 6.45) is -9.87. The Morgan fingerprint density at radius 1 is 0.750 bits per heavy atom. The predicted octanol–water partition coefficient (Wildman–Crippen LogP) is 3.04. The van der Waals surface area contributed by atoms with Gasteiger partial charge >= 0.3 is 0 Å². The van der Waals surface area contributed by atoms with E-state index in [0.29, 0.717) is 0 Å². The van der Waals surface area contributed by atoms with Crippen LogP contribution in [0.15, 0.2) is 10.1 Å². The molecule has 0 aromatic carbocycles. The van der Waals surface area contributed by atoms with Crippen LogP contribution in [0.3, 0.4) is 0 Å². The highest BCUT2D eigenvalue weighted by molar-refractivity contribution is 6.40. The predicted molar refractivity (Wildman–Crippen MR) is 38.3 cm³/mol. The fourth-order valence-corrected chi connectivity index (χ4v) is 1.32. The third-order valence-corrected chi connectivity index (χ3v) is 2.50. The van der Waals surface area contributed by atoms with Gasteiger partial charge in [-0.25, -0.2) is 17.6 Å². The SMILES string of the molecule is FC1C(Cl)=C(Cl)C(F)C(F)C1F. The summed E-state index contributed by atoms with van der Waals surface area (Å²) in [5.41, 5.74) is 0. The maximum absolute atomic E-state index is 12.6. The van der Waals surface area contributed by atoms with Crippen molar-refractivity contribution in [2.45, 2.75) is 24.7 Å². The fourth-order valence-electron chi connectivity index (χ4n) is 0.866. The number of allylic oxidation sites excluding steroid dienone is 2. The van der Waals surface area contributed by atoms with Gasteiger partial charge in [-0.15, -0.1) is 0 Å². The Kier molecular flexibility index (Phi) is 2.88. The molecule has 0 aliphatic heterocycles. The van der Waals surface area contributed by atoms with Crippen LogP contribution >= 0.6 is 23.2 Å². The first-order chi connectivity index (χ1) is 5.46. The highest BCUT2D eigenvalue weighted by Gasteiger charge is 2.45. The molecule has 1 aliphatic rings. The fraction of sp³-hybridized carbons (Fsp3) is 0.667. The van der Waals surface area contributed by atoms with Gasteiger partial charge < -0.3 is 0 Å². The maximum atomic E-state index is 12.6. The average molecular weight is 223 g/mol. The zero-order valence-electron chi connectivity index (χ0n) is 5.58. The molecule has 0 radical (unpaired) electrons. The molecule has 0 spiro atoms. The first kappa shape index (κ1) is 10.1. The minimum atomic E-state index is -2.57. The summed E-state index contributed by atoms with van der Waals surface area (Å²) in [6.45, 7) is 0. The highest BCUT2D eigenvalue weighted by atomic mass is 35.5. The molecule has 0 aromatic rings. The van der Waals surface area contributed by atoms with Gasteiger partial charge in [0.15, 0.2) is 24.7 Å². The van der Waals surface area contributed by atoms with Crippen molar-refractivity contribution in [1.82, 2.24) is 0 Å². The Bertz CT molecular complexity index is 196. The second-order valence-corrected chi connectivity index (χ2v) is 3.20. The molecule has 0 fully saturated rings. The van der Waals surface area contributed by atoms with Crippen LogP contribution in [0, 0.1) is 0 Å². The number of alkyl halides is 4. The van der Waals surface area contributed by atoms with E-state index in [2.05, 4.69) is 0 Å². The van der Waals surface area contributed by atoms with E-state index in [1.165, 1.54) is 0 Å². The maximum Gasteiger partial charge on any atom is 0.171 e. The molecule has 0 amide bonds. The van der Waals surface area contributed by atoms with E-state index in [4.69, 9.17) is 23.2 Å². The zero-order chi connectivity index (χ0) is 9.46. The molecule has 0 nitrogen and oxygen atoms in total. The van der Waals surface area contributed by atoms with Crippen LogP contribution in [0.25, 0.3) is 0 Å². The Balaban J connectivity index is 3.00. The van der Waals surface area contributed by atoms with Gasteiger partial charge in [-0.05, 0) is 0 Å². The van der Waals surface area contributed by atoms with E-state index in [-0.39, 0.29) is 0 Å². The summed E-state index contributed by atoms with van der Waals surface area (Å²) in [5.74, 6) is 0. The van der Waals surface area contributed by atoms with Crippen LogP contribution in [0.4, 0.5) is 17.6 Å². The van der Waals surface area contributed by atoms with Gasteiger partial charge in [-0.2, -0.15) is 0 Å². The lowest BCUT2D eigenvalue weighted by atomic mass is 10.0. The van der Waals surface area contributed by atoms with Crippen LogP contribution < -0.4 is 0 Å². The van der Waals surface area contributed by atoms with Crippen molar-refractivity contribution in [3.05, 3.63) is 10.1 Å². The summed E-state index contributed by atoms with van der Waals surface area (Å²) >= 11 is 10.2. The first-order valence-electron chi connectivity index (χ1n) is 3.08. The van der Waals surface area contributed by atoms with Crippen molar-refractivity contribution >= 4 is 23.2 Å². The van der Waals surface area contributed by atoms with Gasteiger partial charge in [0.2, 0.25) is 0 Å². The van der Waals surface area contributed by atoms with Crippen LogP contribution in [0.2, 0.25) is 0 Å². The minimum absolute atomic E-state index is 0.787. The van der Waals surface area contributed by atoms with E-state index in [9.17, 15) is 17.6 Å². The van der Waals surface area contributed by atoms with Crippen molar-refractivity contribution in [2.24, 2.45) is 0 Å². The molecule has 0 bridgehead atoms. The number of hydrogen-bond donors (Lipinski definition) is 0.